The van der Waals surface area contributed by atoms with Crippen LogP contribution in [0.2, 0.25) is 0 Å². The van der Waals surface area contributed by atoms with Gasteiger partial charge < -0.3 is 9.84 Å². The van der Waals surface area contributed by atoms with Crippen LogP contribution < -0.4 is 4.74 Å². The van der Waals surface area contributed by atoms with Gasteiger partial charge >= 0.3 is 0 Å². The highest BCUT2D eigenvalue weighted by molar-refractivity contribution is 5.85. The molecule has 0 aliphatic carbocycles. The van der Waals surface area contributed by atoms with Gasteiger partial charge in [-0.3, -0.25) is 9.97 Å². The predicted octanol–water partition coefficient (Wildman–Crippen LogP) is 5.75. The summed E-state index contributed by atoms with van der Waals surface area (Å²) in [7, 11) is 0. The maximum Gasteiger partial charge on any atom is 0.129 e. The van der Waals surface area contributed by atoms with E-state index >= 15 is 0 Å². The van der Waals surface area contributed by atoms with Gasteiger partial charge in [0.25, 0.3) is 0 Å². The molecule has 0 bridgehead atoms. The number of pyridine rings is 2. The summed E-state index contributed by atoms with van der Waals surface area (Å²) < 4.78 is 5.87. The van der Waals surface area contributed by atoms with Crippen LogP contribution in [0.3, 0.4) is 0 Å². The predicted molar refractivity (Wildman–Crippen MR) is 116 cm³/mol. The number of aromatic hydroxyl groups is 1. The maximum atomic E-state index is 9.33. The fourth-order valence-corrected chi connectivity index (χ4v) is 3.02. The average molecular weight is 380 g/mol. The van der Waals surface area contributed by atoms with E-state index in [0.29, 0.717) is 6.61 Å². The molecule has 2 heterocycles. The van der Waals surface area contributed by atoms with E-state index in [1.54, 1.807) is 24.5 Å². The van der Waals surface area contributed by atoms with Crippen molar-refractivity contribution in [1.29, 1.82) is 0 Å². The molecule has 0 fully saturated rings. The Labute approximate surface area is 169 Å². The molecule has 0 spiro atoms. The molecule has 0 aliphatic rings. The van der Waals surface area contributed by atoms with Crippen molar-refractivity contribution in [3.63, 3.8) is 0 Å². The van der Waals surface area contributed by atoms with E-state index in [2.05, 4.69) is 22.1 Å². The van der Waals surface area contributed by atoms with Crippen molar-refractivity contribution >= 4 is 21.8 Å². The van der Waals surface area contributed by atoms with Crippen molar-refractivity contribution in [2.75, 3.05) is 0 Å². The Kier molecular flexibility index (Phi) is 5.63. The normalized spacial score (nSPS) is 10.3. The number of rotatable bonds is 3. The minimum atomic E-state index is 0.288. The smallest absolute Gasteiger partial charge is 0.129 e. The molecule has 0 radical (unpaired) electrons. The van der Waals surface area contributed by atoms with Crippen LogP contribution in [0, 0.1) is 0 Å². The van der Waals surface area contributed by atoms with Crippen LogP contribution in [-0.2, 0) is 6.61 Å². The lowest BCUT2D eigenvalue weighted by atomic mass is 10.2. The Bertz CT molecular complexity index is 1210. The Morgan fingerprint density at radius 1 is 0.621 bits per heavy atom. The fraction of sp³-hybridized carbons (Fsp3) is 0.0400. The van der Waals surface area contributed by atoms with Crippen LogP contribution >= 0.6 is 0 Å². The summed E-state index contributed by atoms with van der Waals surface area (Å²) in [6, 6.07) is 29.0. The third-order valence-electron chi connectivity index (χ3n) is 4.47. The second kappa shape index (κ2) is 8.85. The molecular weight excluding hydrogens is 360 g/mol. The number of phenols is 1. The second-order valence-electron chi connectivity index (χ2n) is 6.45. The third kappa shape index (κ3) is 4.50. The standard InChI is InChI=1S/C16H13NO.C9H7NO/c1-2-6-13(7-3-1)12-18-16-10-4-9-15-14(16)8-5-11-17-15;11-9-5-1-4-8-7(9)3-2-6-10-8/h1-11H,12H2;1-6,11H. The van der Waals surface area contributed by atoms with Gasteiger partial charge in [0.1, 0.15) is 18.1 Å². The van der Waals surface area contributed by atoms with Gasteiger partial charge in [-0.25, -0.2) is 0 Å². The van der Waals surface area contributed by atoms with Crippen molar-refractivity contribution in [2.45, 2.75) is 6.61 Å². The highest BCUT2D eigenvalue weighted by atomic mass is 16.5. The number of nitrogens with zero attached hydrogens (tertiary/aromatic N) is 2. The van der Waals surface area contributed by atoms with Crippen molar-refractivity contribution in [3.8, 4) is 11.5 Å². The van der Waals surface area contributed by atoms with Gasteiger partial charge in [-0.1, -0.05) is 42.5 Å². The lowest BCUT2D eigenvalue weighted by Gasteiger charge is -2.08. The summed E-state index contributed by atoms with van der Waals surface area (Å²) in [5.74, 6) is 1.17. The van der Waals surface area contributed by atoms with Gasteiger partial charge in [0.05, 0.1) is 11.0 Å². The molecule has 4 nitrogen and oxygen atoms in total. The molecule has 3 aromatic carbocycles. The summed E-state index contributed by atoms with van der Waals surface area (Å²) in [5, 5.41) is 11.2. The molecule has 0 saturated heterocycles. The van der Waals surface area contributed by atoms with Crippen LogP contribution in [0.25, 0.3) is 21.8 Å². The molecule has 5 aromatic rings. The Morgan fingerprint density at radius 3 is 2.00 bits per heavy atom. The SMILES string of the molecule is Oc1cccc2ncccc12.c1ccc(COc2cccc3ncccc23)cc1. The van der Waals surface area contributed by atoms with Gasteiger partial charge in [-0.15, -0.1) is 0 Å². The highest BCUT2D eigenvalue weighted by Crippen LogP contribution is 2.24. The Morgan fingerprint density at radius 2 is 1.28 bits per heavy atom. The minimum absolute atomic E-state index is 0.288. The maximum absolute atomic E-state index is 9.33. The zero-order valence-electron chi connectivity index (χ0n) is 15.8. The molecular formula is C25H20N2O2. The monoisotopic (exact) mass is 380 g/mol. The first-order chi connectivity index (χ1) is 14.3. The van der Waals surface area contributed by atoms with Crippen LogP contribution in [0.15, 0.2) is 103 Å². The van der Waals surface area contributed by atoms with Gasteiger partial charge in [-0.2, -0.15) is 0 Å². The summed E-state index contributed by atoms with van der Waals surface area (Å²) in [5.41, 5.74) is 2.95. The van der Waals surface area contributed by atoms with E-state index in [-0.39, 0.29) is 5.75 Å². The minimum Gasteiger partial charge on any atom is -0.507 e. The molecule has 0 unspecified atom stereocenters. The van der Waals surface area contributed by atoms with Crippen LogP contribution in [-0.4, -0.2) is 15.1 Å². The van der Waals surface area contributed by atoms with Crippen molar-refractivity contribution in [3.05, 3.63) is 109 Å². The molecule has 0 amide bonds. The number of fused-ring (bicyclic) bond motifs is 2. The fourth-order valence-electron chi connectivity index (χ4n) is 3.02. The zero-order valence-corrected chi connectivity index (χ0v) is 15.8. The first-order valence-electron chi connectivity index (χ1n) is 9.34. The zero-order chi connectivity index (χ0) is 19.9. The van der Waals surface area contributed by atoms with Gasteiger partial charge in [0.2, 0.25) is 0 Å². The van der Waals surface area contributed by atoms with Gasteiger partial charge in [-0.05, 0) is 54.1 Å². The van der Waals surface area contributed by atoms with E-state index in [1.165, 1.54) is 5.56 Å². The summed E-state index contributed by atoms with van der Waals surface area (Å²) in [4.78, 5) is 8.40. The van der Waals surface area contributed by atoms with E-state index in [1.807, 2.05) is 66.7 Å². The molecule has 4 heteroatoms. The lowest BCUT2D eigenvalue weighted by Crippen LogP contribution is -1.95. The number of hydrogen-bond donors (Lipinski definition) is 1. The van der Waals surface area contributed by atoms with Gasteiger partial charge in [0.15, 0.2) is 0 Å². The topological polar surface area (TPSA) is 55.2 Å². The number of aromatic nitrogens is 2. The van der Waals surface area contributed by atoms with Crippen LogP contribution in [0.1, 0.15) is 5.56 Å². The molecule has 29 heavy (non-hydrogen) atoms. The summed E-state index contributed by atoms with van der Waals surface area (Å²) in [6.07, 6.45) is 3.51. The molecule has 0 aliphatic heterocycles. The van der Waals surface area contributed by atoms with E-state index < -0.39 is 0 Å². The number of ether oxygens (including phenoxy) is 1. The highest BCUT2D eigenvalue weighted by Gasteiger charge is 2.02. The Balaban J connectivity index is 0.000000159. The molecule has 5 rings (SSSR count). The Hall–Kier alpha value is -3.92. The van der Waals surface area contributed by atoms with Crippen molar-refractivity contribution < 1.29 is 9.84 Å². The van der Waals surface area contributed by atoms with Crippen LogP contribution in [0.5, 0.6) is 11.5 Å². The molecule has 0 saturated carbocycles. The van der Waals surface area contributed by atoms with Crippen molar-refractivity contribution in [2.24, 2.45) is 0 Å². The average Bonchev–Trinajstić information content (AvgIpc) is 2.79. The number of phenolic OH excluding ortho intramolecular Hbond substituents is 1. The molecule has 142 valence electrons. The summed E-state index contributed by atoms with van der Waals surface area (Å²) >= 11 is 0. The van der Waals surface area contributed by atoms with E-state index in [9.17, 15) is 5.11 Å². The lowest BCUT2D eigenvalue weighted by molar-refractivity contribution is 0.310. The summed E-state index contributed by atoms with van der Waals surface area (Å²) in [6.45, 7) is 0.578. The third-order valence-corrected chi connectivity index (χ3v) is 4.47. The number of hydrogen-bond acceptors (Lipinski definition) is 4. The molecule has 2 aromatic heterocycles. The largest absolute Gasteiger partial charge is 0.507 e. The van der Waals surface area contributed by atoms with Gasteiger partial charge in [0, 0.05) is 23.2 Å². The first-order valence-corrected chi connectivity index (χ1v) is 9.34. The molecule has 1 N–H and O–H groups in total. The number of benzene rings is 3. The van der Waals surface area contributed by atoms with E-state index in [4.69, 9.17) is 4.74 Å². The molecule has 0 atom stereocenters. The first kappa shape index (κ1) is 18.4. The second-order valence-corrected chi connectivity index (χ2v) is 6.45. The van der Waals surface area contributed by atoms with E-state index in [0.717, 1.165) is 27.6 Å². The quantitative estimate of drug-likeness (QED) is 0.433. The van der Waals surface area contributed by atoms with Crippen LogP contribution in [0.4, 0.5) is 0 Å². The van der Waals surface area contributed by atoms with Crippen molar-refractivity contribution in [1.82, 2.24) is 9.97 Å².